The van der Waals surface area contributed by atoms with Gasteiger partial charge in [-0.1, -0.05) is 12.1 Å². The Labute approximate surface area is 140 Å². The quantitative estimate of drug-likeness (QED) is 0.674. The summed E-state index contributed by atoms with van der Waals surface area (Å²) in [6.45, 7) is 6.55. The van der Waals surface area contributed by atoms with Gasteiger partial charge < -0.3 is 9.47 Å². The van der Waals surface area contributed by atoms with Gasteiger partial charge in [-0.2, -0.15) is 0 Å². The van der Waals surface area contributed by atoms with Gasteiger partial charge in [-0.25, -0.2) is 14.8 Å². The van der Waals surface area contributed by atoms with Crippen LogP contribution in [-0.2, 0) is 4.74 Å². The number of ether oxygens (including phenoxy) is 2. The Bertz CT molecular complexity index is 886. The maximum atomic E-state index is 12.1. The van der Waals surface area contributed by atoms with Gasteiger partial charge in [-0.15, -0.1) is 0 Å². The summed E-state index contributed by atoms with van der Waals surface area (Å²) >= 11 is 0. The van der Waals surface area contributed by atoms with Gasteiger partial charge in [0.25, 0.3) is 0 Å². The van der Waals surface area contributed by atoms with Crippen LogP contribution in [0.4, 0.5) is 0 Å². The third-order valence-corrected chi connectivity index (χ3v) is 3.60. The zero-order valence-corrected chi connectivity index (χ0v) is 13.9. The van der Waals surface area contributed by atoms with E-state index in [9.17, 15) is 4.79 Å². The summed E-state index contributed by atoms with van der Waals surface area (Å²) in [7, 11) is 0. The molecular weight excluding hydrogens is 306 g/mol. The molecule has 0 aliphatic carbocycles. The molecule has 0 radical (unpaired) electrons. The largest absolute Gasteiger partial charge is 0.494 e. The fourth-order valence-electron chi connectivity index (χ4n) is 2.52. The Kier molecular flexibility index (Phi) is 4.46. The van der Waals surface area contributed by atoms with Crippen LogP contribution in [0.3, 0.4) is 0 Å². The van der Waals surface area contributed by atoms with E-state index in [1.165, 1.54) is 0 Å². The zero-order valence-electron chi connectivity index (χ0n) is 13.9. The highest BCUT2D eigenvalue weighted by Gasteiger charge is 2.18. The van der Waals surface area contributed by atoms with Gasteiger partial charge in [-0.3, -0.25) is 4.40 Å². The Hall–Kier alpha value is -2.89. The second kappa shape index (κ2) is 6.70. The summed E-state index contributed by atoms with van der Waals surface area (Å²) in [6.07, 6.45) is 1.59. The number of hydrogen-bond donors (Lipinski definition) is 0. The van der Waals surface area contributed by atoms with Crippen molar-refractivity contribution < 1.29 is 14.3 Å². The molecule has 2 heterocycles. The third-order valence-electron chi connectivity index (χ3n) is 3.60. The average molecular weight is 325 g/mol. The van der Waals surface area contributed by atoms with Gasteiger partial charge in [0.05, 0.1) is 18.9 Å². The molecule has 24 heavy (non-hydrogen) atoms. The molecule has 1 aromatic carbocycles. The Balaban J connectivity index is 2.11. The molecule has 6 nitrogen and oxygen atoms in total. The lowest BCUT2D eigenvalue weighted by Crippen LogP contribution is -2.07. The zero-order chi connectivity index (χ0) is 17.1. The van der Waals surface area contributed by atoms with E-state index in [1.54, 1.807) is 17.7 Å². The van der Waals surface area contributed by atoms with Crippen molar-refractivity contribution in [3.63, 3.8) is 0 Å². The minimum Gasteiger partial charge on any atom is -0.494 e. The molecule has 0 atom stereocenters. The molecule has 0 saturated heterocycles. The number of aryl methyl sites for hydroxylation is 1. The van der Waals surface area contributed by atoms with Gasteiger partial charge in [0.15, 0.2) is 11.3 Å². The van der Waals surface area contributed by atoms with Crippen molar-refractivity contribution in [3.05, 3.63) is 48.0 Å². The smallest absolute Gasteiger partial charge is 0.360 e. The fraction of sp³-hybridized carbons (Fsp3) is 0.278. The van der Waals surface area contributed by atoms with Gasteiger partial charge >= 0.3 is 5.97 Å². The van der Waals surface area contributed by atoms with Crippen LogP contribution in [0, 0.1) is 6.92 Å². The molecule has 0 aliphatic rings. The van der Waals surface area contributed by atoms with Gasteiger partial charge in [0, 0.05) is 11.3 Å². The van der Waals surface area contributed by atoms with Gasteiger partial charge in [0.2, 0.25) is 0 Å². The lowest BCUT2D eigenvalue weighted by molar-refractivity contribution is 0.0522. The molecule has 3 rings (SSSR count). The number of hydrogen-bond acceptors (Lipinski definition) is 5. The highest BCUT2D eigenvalue weighted by molar-refractivity contribution is 5.94. The van der Waals surface area contributed by atoms with E-state index in [1.807, 2.05) is 44.2 Å². The number of benzene rings is 1. The second-order valence-corrected chi connectivity index (χ2v) is 5.25. The van der Waals surface area contributed by atoms with Crippen LogP contribution < -0.4 is 4.74 Å². The molecule has 2 aromatic heterocycles. The van der Waals surface area contributed by atoms with Crippen LogP contribution in [0.25, 0.3) is 16.9 Å². The monoisotopic (exact) mass is 325 g/mol. The second-order valence-electron chi connectivity index (χ2n) is 5.25. The van der Waals surface area contributed by atoms with E-state index < -0.39 is 5.97 Å². The van der Waals surface area contributed by atoms with E-state index in [4.69, 9.17) is 9.47 Å². The third kappa shape index (κ3) is 2.95. The van der Waals surface area contributed by atoms with Crippen LogP contribution in [0.2, 0.25) is 0 Å². The van der Waals surface area contributed by atoms with E-state index in [0.29, 0.717) is 18.9 Å². The lowest BCUT2D eigenvalue weighted by atomic mass is 10.1. The maximum Gasteiger partial charge on any atom is 0.360 e. The predicted molar refractivity (Wildman–Crippen MR) is 90.3 cm³/mol. The van der Waals surface area contributed by atoms with E-state index >= 15 is 0 Å². The van der Waals surface area contributed by atoms with Crippen LogP contribution in [0.1, 0.15) is 30.0 Å². The highest BCUT2D eigenvalue weighted by atomic mass is 16.5. The number of aromatic nitrogens is 3. The highest BCUT2D eigenvalue weighted by Crippen LogP contribution is 2.25. The van der Waals surface area contributed by atoms with Crippen LogP contribution in [0.5, 0.6) is 5.75 Å². The molecule has 3 aromatic rings. The Morgan fingerprint density at radius 3 is 2.79 bits per heavy atom. The fourth-order valence-corrected chi connectivity index (χ4v) is 2.52. The number of imidazole rings is 1. The average Bonchev–Trinajstić information content (AvgIpc) is 3.00. The number of nitrogens with zero attached hydrogens (tertiary/aromatic N) is 3. The summed E-state index contributed by atoms with van der Waals surface area (Å²) in [5, 5.41) is 0. The minimum atomic E-state index is -0.466. The van der Waals surface area contributed by atoms with Crippen LogP contribution >= 0.6 is 0 Å². The summed E-state index contributed by atoms with van der Waals surface area (Å²) < 4.78 is 12.4. The number of carbonyl (C=O) groups is 1. The SMILES string of the molecule is CCOC(=O)c1ncn2c(C)cc(-c3cccc(OCC)c3)nc12. The first-order chi connectivity index (χ1) is 11.6. The van der Waals surface area contributed by atoms with Crippen LogP contribution in [-0.4, -0.2) is 33.6 Å². The molecule has 6 heteroatoms. The first-order valence-electron chi connectivity index (χ1n) is 7.89. The molecule has 0 spiro atoms. The Morgan fingerprint density at radius 1 is 1.21 bits per heavy atom. The molecule has 0 aliphatic heterocycles. The molecule has 0 fully saturated rings. The van der Waals surface area contributed by atoms with Crippen molar-refractivity contribution in [2.75, 3.05) is 13.2 Å². The van der Waals surface area contributed by atoms with E-state index in [0.717, 1.165) is 22.7 Å². The normalized spacial score (nSPS) is 10.8. The summed E-state index contributed by atoms with van der Waals surface area (Å²) in [5.41, 5.74) is 3.32. The van der Waals surface area contributed by atoms with Crippen molar-refractivity contribution in [3.8, 4) is 17.0 Å². The number of esters is 1. The lowest BCUT2D eigenvalue weighted by Gasteiger charge is -2.08. The molecule has 0 N–H and O–H groups in total. The number of carbonyl (C=O) groups excluding carboxylic acids is 1. The van der Waals surface area contributed by atoms with Crippen molar-refractivity contribution in [1.82, 2.24) is 14.4 Å². The van der Waals surface area contributed by atoms with Crippen LogP contribution in [0.15, 0.2) is 36.7 Å². The first-order valence-corrected chi connectivity index (χ1v) is 7.89. The molecule has 0 unspecified atom stereocenters. The molecule has 0 bridgehead atoms. The van der Waals surface area contributed by atoms with Crippen molar-refractivity contribution >= 4 is 11.6 Å². The minimum absolute atomic E-state index is 0.225. The van der Waals surface area contributed by atoms with Crippen molar-refractivity contribution in [2.24, 2.45) is 0 Å². The standard InChI is InChI=1S/C18H19N3O3/c1-4-23-14-8-6-7-13(10-14)15-9-12(3)21-11-19-16(17(21)20-15)18(22)24-5-2/h6-11H,4-5H2,1-3H3. The molecule has 124 valence electrons. The van der Waals surface area contributed by atoms with Crippen molar-refractivity contribution in [1.29, 1.82) is 0 Å². The van der Waals surface area contributed by atoms with Gasteiger partial charge in [-0.05, 0) is 39.0 Å². The van der Waals surface area contributed by atoms with E-state index in [2.05, 4.69) is 9.97 Å². The summed E-state index contributed by atoms with van der Waals surface area (Å²) in [4.78, 5) is 20.8. The Morgan fingerprint density at radius 2 is 2.04 bits per heavy atom. The van der Waals surface area contributed by atoms with Crippen molar-refractivity contribution in [2.45, 2.75) is 20.8 Å². The summed E-state index contributed by atoms with van der Waals surface area (Å²) in [6, 6.07) is 9.67. The predicted octanol–water partition coefficient (Wildman–Crippen LogP) is 3.28. The topological polar surface area (TPSA) is 65.7 Å². The first kappa shape index (κ1) is 16.0. The molecule has 0 amide bonds. The van der Waals surface area contributed by atoms with Gasteiger partial charge in [0.1, 0.15) is 12.1 Å². The number of rotatable bonds is 5. The summed E-state index contributed by atoms with van der Waals surface area (Å²) in [5.74, 6) is 0.320. The maximum absolute atomic E-state index is 12.1. The molecular formula is C18H19N3O3. The number of fused-ring (bicyclic) bond motifs is 1. The molecule has 0 saturated carbocycles. The van der Waals surface area contributed by atoms with E-state index in [-0.39, 0.29) is 5.69 Å².